The van der Waals surface area contributed by atoms with E-state index < -0.39 is 18.6 Å². The maximum absolute atomic E-state index is 13.4. The number of carboxylic acids is 1. The summed E-state index contributed by atoms with van der Waals surface area (Å²) in [5, 5.41) is 9.56. The summed E-state index contributed by atoms with van der Waals surface area (Å²) < 4.78 is 11.2. The molecule has 0 radical (unpaired) electrons. The van der Waals surface area contributed by atoms with Crippen molar-refractivity contribution >= 4 is 23.5 Å². The van der Waals surface area contributed by atoms with Crippen molar-refractivity contribution in [1.29, 1.82) is 0 Å². The third-order valence-corrected chi connectivity index (χ3v) is 5.85. The minimum atomic E-state index is -1.06. The number of hydrogen-bond acceptors (Lipinski definition) is 4. The molecule has 2 aromatic rings. The fraction of sp³-hybridized carbons (Fsp3) is 0.391. The van der Waals surface area contributed by atoms with Crippen molar-refractivity contribution in [1.82, 2.24) is 4.90 Å². The second kappa shape index (κ2) is 8.66. The summed E-state index contributed by atoms with van der Waals surface area (Å²) in [6, 6.07) is 12.7. The van der Waals surface area contributed by atoms with Crippen LogP contribution in [0.3, 0.4) is 0 Å². The van der Waals surface area contributed by atoms with Crippen LogP contribution in [0.5, 0.6) is 5.75 Å². The van der Waals surface area contributed by atoms with Crippen LogP contribution in [0.2, 0.25) is 5.02 Å². The van der Waals surface area contributed by atoms with Crippen LogP contribution in [0, 0.1) is 5.92 Å². The topological polar surface area (TPSA) is 76.1 Å². The monoisotopic (exact) mass is 429 g/mol. The second-order valence-electron chi connectivity index (χ2n) is 7.58. The molecule has 1 heterocycles. The number of amides is 1. The van der Waals surface area contributed by atoms with Gasteiger partial charge in [0.15, 0.2) is 6.61 Å². The molecule has 0 saturated heterocycles. The fourth-order valence-corrected chi connectivity index (χ4v) is 4.37. The lowest BCUT2D eigenvalue weighted by atomic mass is 9.87. The first-order chi connectivity index (χ1) is 14.5. The normalized spacial score (nSPS) is 22.3. The van der Waals surface area contributed by atoms with Gasteiger partial charge in [-0.15, -0.1) is 0 Å². The molecule has 1 fully saturated rings. The Hall–Kier alpha value is -2.57. The number of benzene rings is 2. The highest BCUT2D eigenvalue weighted by molar-refractivity contribution is 6.30. The molecule has 0 bridgehead atoms. The van der Waals surface area contributed by atoms with E-state index in [1.807, 2.05) is 30.0 Å². The third kappa shape index (κ3) is 4.16. The van der Waals surface area contributed by atoms with Crippen molar-refractivity contribution in [3.63, 3.8) is 0 Å². The first-order valence-electron chi connectivity index (χ1n) is 10.1. The molecule has 3 atom stereocenters. The number of fused-ring (bicyclic) bond motifs is 1. The van der Waals surface area contributed by atoms with E-state index in [0.717, 1.165) is 24.0 Å². The first-order valence-corrected chi connectivity index (χ1v) is 10.5. The fourth-order valence-electron chi connectivity index (χ4n) is 4.19. The van der Waals surface area contributed by atoms with Crippen LogP contribution in [0.25, 0.3) is 0 Å². The lowest BCUT2D eigenvalue weighted by Crippen LogP contribution is -2.42. The Kier molecular flexibility index (Phi) is 5.97. The van der Waals surface area contributed by atoms with Crippen LogP contribution >= 0.6 is 11.6 Å². The van der Waals surface area contributed by atoms with E-state index in [4.69, 9.17) is 26.2 Å². The molecule has 1 saturated carbocycles. The van der Waals surface area contributed by atoms with Crippen LogP contribution in [0.15, 0.2) is 42.5 Å². The molecular weight excluding hydrogens is 406 g/mol. The van der Waals surface area contributed by atoms with Gasteiger partial charge in [0.05, 0.1) is 18.1 Å². The summed E-state index contributed by atoms with van der Waals surface area (Å²) in [5.41, 5.74) is 2.86. The predicted octanol–water partition coefficient (Wildman–Crippen LogP) is 3.70. The molecule has 2 unspecified atom stereocenters. The predicted molar refractivity (Wildman–Crippen MR) is 112 cm³/mol. The smallest absolute Gasteiger partial charge is 0.341 e. The van der Waals surface area contributed by atoms with Crippen LogP contribution in [0.1, 0.15) is 36.1 Å². The molecule has 30 heavy (non-hydrogen) atoms. The molecule has 4 rings (SSSR count). The van der Waals surface area contributed by atoms with Gasteiger partial charge in [0.2, 0.25) is 5.91 Å². The average Bonchev–Trinajstić information content (AvgIpc) is 3.51. The molecule has 2 aliphatic rings. The number of nitrogens with zero attached hydrogens (tertiary/aromatic N) is 1. The van der Waals surface area contributed by atoms with Gasteiger partial charge in [-0.2, -0.15) is 0 Å². The lowest BCUT2D eigenvalue weighted by molar-refractivity contribution is -0.139. The maximum atomic E-state index is 13.4. The highest BCUT2D eigenvalue weighted by Crippen LogP contribution is 2.44. The van der Waals surface area contributed by atoms with Gasteiger partial charge >= 0.3 is 5.97 Å². The zero-order chi connectivity index (χ0) is 21.3. The summed E-state index contributed by atoms with van der Waals surface area (Å²) in [6.07, 6.45) is 1.47. The number of carboxylic acid groups (broad SMARTS) is 1. The summed E-state index contributed by atoms with van der Waals surface area (Å²) >= 11 is 6.30. The minimum absolute atomic E-state index is 0.0255. The van der Waals surface area contributed by atoms with E-state index in [2.05, 4.69) is 6.07 Å². The maximum Gasteiger partial charge on any atom is 0.341 e. The molecule has 6 nitrogen and oxygen atoms in total. The van der Waals surface area contributed by atoms with Crippen LogP contribution in [-0.4, -0.2) is 47.7 Å². The second-order valence-corrected chi connectivity index (χ2v) is 8.02. The van der Waals surface area contributed by atoms with Crippen molar-refractivity contribution < 1.29 is 24.2 Å². The highest BCUT2D eigenvalue weighted by Gasteiger charge is 2.48. The number of carbonyl (C=O) groups excluding carboxylic acids is 1. The van der Waals surface area contributed by atoms with E-state index >= 15 is 0 Å². The van der Waals surface area contributed by atoms with Crippen molar-refractivity contribution in [3.05, 3.63) is 64.2 Å². The van der Waals surface area contributed by atoms with E-state index in [1.54, 1.807) is 18.2 Å². The van der Waals surface area contributed by atoms with Gasteiger partial charge < -0.3 is 19.5 Å². The molecule has 2 aromatic carbocycles. The van der Waals surface area contributed by atoms with Gasteiger partial charge in [0.1, 0.15) is 5.75 Å². The number of aliphatic carboxylic acids is 1. The van der Waals surface area contributed by atoms with E-state index in [1.165, 1.54) is 0 Å². The number of halogens is 1. The molecule has 1 aliphatic heterocycles. The molecule has 0 aromatic heterocycles. The molecule has 1 amide bonds. The Bertz CT molecular complexity index is 962. The van der Waals surface area contributed by atoms with E-state index in [-0.39, 0.29) is 17.9 Å². The summed E-state index contributed by atoms with van der Waals surface area (Å²) in [7, 11) is 0. The molecule has 158 valence electrons. The quantitative estimate of drug-likeness (QED) is 0.726. The number of hydrogen-bond donors (Lipinski definition) is 1. The van der Waals surface area contributed by atoms with Gasteiger partial charge in [0.25, 0.3) is 0 Å². The van der Waals surface area contributed by atoms with Gasteiger partial charge in [-0.05, 0) is 49.1 Å². The molecule has 1 aliphatic carbocycles. The molecule has 1 N–H and O–H groups in total. The average molecular weight is 430 g/mol. The Balaban J connectivity index is 1.74. The minimum Gasteiger partial charge on any atom is -0.482 e. The van der Waals surface area contributed by atoms with Crippen molar-refractivity contribution in [2.75, 3.05) is 19.8 Å². The number of carbonyl (C=O) groups is 2. The third-order valence-electron chi connectivity index (χ3n) is 5.61. The van der Waals surface area contributed by atoms with Gasteiger partial charge in [0, 0.05) is 23.7 Å². The highest BCUT2D eigenvalue weighted by atomic mass is 35.5. The van der Waals surface area contributed by atoms with Crippen LogP contribution in [-0.2, 0) is 20.7 Å². The SMILES string of the molecule is CCOC1CC1C(=O)N1CCc2ccccc2[C@H]1c1cc(Cl)ccc1OCC(=O)O. The van der Waals surface area contributed by atoms with Crippen molar-refractivity contribution in [2.45, 2.75) is 31.9 Å². The summed E-state index contributed by atoms with van der Waals surface area (Å²) in [4.78, 5) is 26.3. The zero-order valence-corrected chi connectivity index (χ0v) is 17.5. The van der Waals surface area contributed by atoms with Crippen LogP contribution in [0.4, 0.5) is 0 Å². The van der Waals surface area contributed by atoms with Gasteiger partial charge in [-0.3, -0.25) is 4.79 Å². The molecule has 7 heteroatoms. The number of rotatable bonds is 7. The van der Waals surface area contributed by atoms with E-state index in [9.17, 15) is 9.59 Å². The number of ether oxygens (including phenoxy) is 2. The van der Waals surface area contributed by atoms with Gasteiger partial charge in [-0.25, -0.2) is 4.79 Å². The first kappa shape index (κ1) is 20.7. The van der Waals surface area contributed by atoms with Crippen LogP contribution < -0.4 is 4.74 Å². The standard InChI is InChI=1S/C23H24ClNO5/c1-2-29-20-12-18(20)23(28)25-10-9-14-5-3-4-6-16(14)22(25)17-11-15(24)7-8-19(17)30-13-21(26)27/h3-8,11,18,20,22H,2,9-10,12-13H2,1H3,(H,26,27)/t18?,20?,22-/m0/s1. The van der Waals surface area contributed by atoms with Crippen molar-refractivity contribution in [3.8, 4) is 5.75 Å². The summed E-state index contributed by atoms with van der Waals surface area (Å²) in [6.45, 7) is 2.62. The van der Waals surface area contributed by atoms with E-state index in [0.29, 0.717) is 29.5 Å². The zero-order valence-electron chi connectivity index (χ0n) is 16.7. The largest absolute Gasteiger partial charge is 0.482 e. The Labute approximate surface area is 180 Å². The molecular formula is C23H24ClNO5. The summed E-state index contributed by atoms with van der Waals surface area (Å²) in [5.74, 6) is -0.735. The lowest BCUT2D eigenvalue weighted by Gasteiger charge is -2.38. The Morgan fingerprint density at radius 1 is 1.20 bits per heavy atom. The van der Waals surface area contributed by atoms with Crippen molar-refractivity contribution in [2.24, 2.45) is 5.92 Å². The van der Waals surface area contributed by atoms with Gasteiger partial charge in [-0.1, -0.05) is 35.9 Å². The Morgan fingerprint density at radius 3 is 2.77 bits per heavy atom. The molecule has 0 spiro atoms. The Morgan fingerprint density at radius 2 is 2.00 bits per heavy atom.